The average Bonchev–Trinajstić information content (AvgIpc) is 2.81. The second-order valence-corrected chi connectivity index (χ2v) is 9.54. The molecule has 1 aromatic rings. The third-order valence-electron chi connectivity index (χ3n) is 6.39. The zero-order valence-electron chi connectivity index (χ0n) is 21.2. The molecule has 0 aliphatic rings. The number of phenolic OH excluding ortho intramolecular Hbond substituents is 1. The SMILES string of the molecule is CCCCCCCCCCCCCCCCCCCCCC(=O)NC(=O)c1ccc(O)cc1. The smallest absolute Gasteiger partial charge is 0.257 e. The maximum atomic E-state index is 12.0. The van der Waals surface area contributed by atoms with Gasteiger partial charge in [-0.1, -0.05) is 122 Å². The van der Waals surface area contributed by atoms with E-state index in [1.165, 1.54) is 127 Å². The van der Waals surface area contributed by atoms with E-state index in [0.717, 1.165) is 19.3 Å². The molecule has 4 heteroatoms. The number of imide groups is 1. The van der Waals surface area contributed by atoms with Crippen LogP contribution in [0.5, 0.6) is 5.75 Å². The highest BCUT2D eigenvalue weighted by Gasteiger charge is 2.09. The first-order valence-corrected chi connectivity index (χ1v) is 13.8. The van der Waals surface area contributed by atoms with E-state index in [1.54, 1.807) is 0 Å². The van der Waals surface area contributed by atoms with Crippen molar-refractivity contribution in [2.24, 2.45) is 0 Å². The fourth-order valence-corrected chi connectivity index (χ4v) is 4.24. The molecule has 0 fully saturated rings. The van der Waals surface area contributed by atoms with E-state index >= 15 is 0 Å². The molecule has 2 N–H and O–H groups in total. The lowest BCUT2D eigenvalue weighted by atomic mass is 10.0. The summed E-state index contributed by atoms with van der Waals surface area (Å²) in [6.07, 6.45) is 25.6. The molecule has 1 aromatic carbocycles. The van der Waals surface area contributed by atoms with Crippen LogP contribution in [0.15, 0.2) is 24.3 Å². The topological polar surface area (TPSA) is 66.4 Å². The number of aromatic hydroxyl groups is 1. The normalized spacial score (nSPS) is 10.9. The molecule has 0 bridgehead atoms. The van der Waals surface area contributed by atoms with E-state index in [0.29, 0.717) is 12.0 Å². The molecule has 0 aromatic heterocycles. The molecule has 33 heavy (non-hydrogen) atoms. The molecule has 0 atom stereocenters. The standard InChI is InChI=1S/C29H49NO3/c1-2-3-4-5-6-7-8-9-10-11-12-13-14-15-16-17-18-19-20-21-28(32)30-29(33)26-22-24-27(31)25-23-26/h22-25,31H,2-21H2,1H3,(H,30,32,33). The first kappa shape index (κ1) is 29.2. The fraction of sp³-hybridized carbons (Fsp3) is 0.724. The third kappa shape index (κ3) is 17.3. The molecule has 0 radical (unpaired) electrons. The Balaban J connectivity index is 1.80. The van der Waals surface area contributed by atoms with Crippen molar-refractivity contribution in [2.75, 3.05) is 0 Å². The van der Waals surface area contributed by atoms with Crippen molar-refractivity contribution in [1.29, 1.82) is 0 Å². The van der Waals surface area contributed by atoms with E-state index in [4.69, 9.17) is 0 Å². The molecular formula is C29H49NO3. The number of rotatable bonds is 21. The highest BCUT2D eigenvalue weighted by Crippen LogP contribution is 2.15. The Labute approximate surface area is 202 Å². The Morgan fingerprint density at radius 1 is 0.606 bits per heavy atom. The van der Waals surface area contributed by atoms with Gasteiger partial charge < -0.3 is 5.11 Å². The van der Waals surface area contributed by atoms with Crippen LogP contribution in [-0.2, 0) is 4.79 Å². The quantitative estimate of drug-likeness (QED) is 0.181. The largest absolute Gasteiger partial charge is 0.508 e. The van der Waals surface area contributed by atoms with Crippen molar-refractivity contribution < 1.29 is 14.7 Å². The molecule has 2 amide bonds. The summed E-state index contributed by atoms with van der Waals surface area (Å²) >= 11 is 0. The van der Waals surface area contributed by atoms with Crippen molar-refractivity contribution in [3.8, 4) is 5.75 Å². The first-order valence-electron chi connectivity index (χ1n) is 13.8. The van der Waals surface area contributed by atoms with Crippen LogP contribution in [0.2, 0.25) is 0 Å². The van der Waals surface area contributed by atoms with Crippen LogP contribution in [0.1, 0.15) is 146 Å². The fourth-order valence-electron chi connectivity index (χ4n) is 4.24. The van der Waals surface area contributed by atoms with Gasteiger partial charge in [0.25, 0.3) is 5.91 Å². The summed E-state index contributed by atoms with van der Waals surface area (Å²) in [5.41, 5.74) is 0.384. The number of carbonyl (C=O) groups is 2. The minimum absolute atomic E-state index is 0.104. The predicted octanol–water partition coefficient (Wildman–Crippen LogP) is 8.47. The van der Waals surface area contributed by atoms with Crippen LogP contribution >= 0.6 is 0 Å². The number of hydrogen-bond donors (Lipinski definition) is 2. The van der Waals surface area contributed by atoms with Crippen LogP contribution in [0.3, 0.4) is 0 Å². The second-order valence-electron chi connectivity index (χ2n) is 9.54. The minimum Gasteiger partial charge on any atom is -0.508 e. The van der Waals surface area contributed by atoms with Crippen LogP contribution in [0.25, 0.3) is 0 Å². The van der Waals surface area contributed by atoms with Gasteiger partial charge in [-0.2, -0.15) is 0 Å². The Morgan fingerprint density at radius 3 is 1.36 bits per heavy atom. The van der Waals surface area contributed by atoms with E-state index in [1.807, 2.05) is 0 Å². The highest BCUT2D eigenvalue weighted by atomic mass is 16.3. The summed E-state index contributed by atoms with van der Waals surface area (Å²) in [5.74, 6) is -0.523. The zero-order chi connectivity index (χ0) is 24.0. The number of benzene rings is 1. The Bertz CT molecular complexity index is 612. The number of nitrogens with one attached hydrogen (secondary N) is 1. The Morgan fingerprint density at radius 2 is 0.970 bits per heavy atom. The molecule has 0 saturated heterocycles. The molecule has 0 spiro atoms. The van der Waals surface area contributed by atoms with Crippen LogP contribution in [0, 0.1) is 0 Å². The van der Waals surface area contributed by atoms with Crippen molar-refractivity contribution in [1.82, 2.24) is 5.32 Å². The van der Waals surface area contributed by atoms with Crippen molar-refractivity contribution in [3.63, 3.8) is 0 Å². The van der Waals surface area contributed by atoms with Gasteiger partial charge in [0.05, 0.1) is 0 Å². The molecule has 4 nitrogen and oxygen atoms in total. The number of unbranched alkanes of at least 4 members (excludes halogenated alkanes) is 18. The average molecular weight is 460 g/mol. The lowest BCUT2D eigenvalue weighted by molar-refractivity contribution is -0.120. The van der Waals surface area contributed by atoms with Gasteiger partial charge >= 0.3 is 0 Å². The summed E-state index contributed by atoms with van der Waals surface area (Å²) < 4.78 is 0. The van der Waals surface area contributed by atoms with Gasteiger partial charge in [-0.15, -0.1) is 0 Å². The van der Waals surface area contributed by atoms with E-state index in [9.17, 15) is 14.7 Å². The van der Waals surface area contributed by atoms with Crippen LogP contribution < -0.4 is 5.32 Å². The van der Waals surface area contributed by atoms with E-state index < -0.39 is 5.91 Å². The highest BCUT2D eigenvalue weighted by molar-refractivity contribution is 6.04. The Hall–Kier alpha value is -1.84. The predicted molar refractivity (Wildman–Crippen MR) is 139 cm³/mol. The van der Waals surface area contributed by atoms with Crippen LogP contribution in [0.4, 0.5) is 0 Å². The molecule has 0 aliphatic heterocycles. The monoisotopic (exact) mass is 459 g/mol. The van der Waals surface area contributed by atoms with Crippen molar-refractivity contribution >= 4 is 11.8 Å². The lowest BCUT2D eigenvalue weighted by Gasteiger charge is -2.05. The molecule has 0 heterocycles. The van der Waals surface area contributed by atoms with Crippen LogP contribution in [-0.4, -0.2) is 16.9 Å². The number of amides is 2. The summed E-state index contributed by atoms with van der Waals surface area (Å²) in [5, 5.41) is 11.7. The van der Waals surface area contributed by atoms with Gasteiger partial charge in [-0.3, -0.25) is 14.9 Å². The van der Waals surface area contributed by atoms with Gasteiger partial charge in [-0.05, 0) is 30.7 Å². The number of carbonyl (C=O) groups excluding carboxylic acids is 2. The molecule has 0 unspecified atom stereocenters. The van der Waals surface area contributed by atoms with Crippen molar-refractivity contribution in [2.45, 2.75) is 135 Å². The zero-order valence-corrected chi connectivity index (χ0v) is 21.2. The summed E-state index contributed by atoms with van der Waals surface area (Å²) in [4.78, 5) is 23.8. The van der Waals surface area contributed by atoms with Gasteiger partial charge in [0.2, 0.25) is 5.91 Å². The maximum Gasteiger partial charge on any atom is 0.257 e. The third-order valence-corrected chi connectivity index (χ3v) is 6.39. The van der Waals surface area contributed by atoms with E-state index in [2.05, 4.69) is 12.2 Å². The van der Waals surface area contributed by atoms with Gasteiger partial charge in [-0.25, -0.2) is 0 Å². The second kappa shape index (κ2) is 20.7. The molecular weight excluding hydrogens is 410 g/mol. The summed E-state index contributed by atoms with van der Waals surface area (Å²) in [6.45, 7) is 2.28. The minimum atomic E-state index is -0.405. The summed E-state index contributed by atoms with van der Waals surface area (Å²) in [7, 11) is 0. The maximum absolute atomic E-state index is 12.0. The molecule has 188 valence electrons. The number of hydrogen-bond acceptors (Lipinski definition) is 3. The summed E-state index contributed by atoms with van der Waals surface area (Å²) in [6, 6.07) is 5.90. The lowest BCUT2D eigenvalue weighted by Crippen LogP contribution is -2.30. The molecule has 0 aliphatic carbocycles. The molecule has 1 rings (SSSR count). The van der Waals surface area contributed by atoms with Gasteiger partial charge in [0, 0.05) is 12.0 Å². The van der Waals surface area contributed by atoms with E-state index in [-0.39, 0.29) is 11.7 Å². The Kier molecular flexibility index (Phi) is 18.4. The molecule has 0 saturated carbocycles. The van der Waals surface area contributed by atoms with Crippen molar-refractivity contribution in [3.05, 3.63) is 29.8 Å². The first-order chi connectivity index (χ1) is 16.1. The number of phenols is 1. The van der Waals surface area contributed by atoms with Gasteiger partial charge in [0.15, 0.2) is 0 Å². The van der Waals surface area contributed by atoms with Gasteiger partial charge in [0.1, 0.15) is 5.75 Å².